The number of aromatic nitrogens is 2. The number of carbonyl (C=O) groups is 3. The zero-order valence-electron chi connectivity index (χ0n) is 23.3. The van der Waals surface area contributed by atoms with Crippen LogP contribution in [0.3, 0.4) is 0 Å². The molecular formula is C29H27ClF4N4O4S. The summed E-state index contributed by atoms with van der Waals surface area (Å²) in [6.45, 7) is 4.79. The van der Waals surface area contributed by atoms with Crippen LogP contribution in [-0.4, -0.2) is 67.7 Å². The van der Waals surface area contributed by atoms with E-state index in [1.807, 2.05) is 0 Å². The Bertz CT molecular complexity index is 1630. The van der Waals surface area contributed by atoms with Crippen LogP contribution in [0.15, 0.2) is 47.5 Å². The van der Waals surface area contributed by atoms with Crippen LogP contribution in [0.5, 0.6) is 0 Å². The van der Waals surface area contributed by atoms with Gasteiger partial charge >= 0.3 is 12.3 Å². The summed E-state index contributed by atoms with van der Waals surface area (Å²) < 4.78 is 62.6. The molecule has 0 bridgehead atoms. The van der Waals surface area contributed by atoms with Gasteiger partial charge in [0.25, 0.3) is 11.1 Å². The van der Waals surface area contributed by atoms with Crippen molar-refractivity contribution in [2.45, 2.75) is 57.7 Å². The number of nitrogens with zero attached hydrogens (tertiary/aromatic N) is 4. The number of hydrogen-bond donors (Lipinski definition) is 0. The van der Waals surface area contributed by atoms with Crippen molar-refractivity contribution in [3.63, 3.8) is 0 Å². The molecular weight excluding hydrogens is 612 g/mol. The molecule has 2 aliphatic heterocycles. The summed E-state index contributed by atoms with van der Waals surface area (Å²) in [5.41, 5.74) is -0.474. The van der Waals surface area contributed by atoms with Crippen molar-refractivity contribution in [3.8, 4) is 0 Å². The highest BCUT2D eigenvalue weighted by Gasteiger charge is 2.46. The number of carbonyl (C=O) groups excluding carboxylic acids is 3. The molecule has 0 spiro atoms. The van der Waals surface area contributed by atoms with E-state index in [2.05, 4.69) is 5.10 Å². The van der Waals surface area contributed by atoms with E-state index in [1.54, 1.807) is 39.0 Å². The van der Waals surface area contributed by atoms with E-state index in [-0.39, 0.29) is 41.5 Å². The number of amides is 3. The monoisotopic (exact) mass is 638 g/mol. The zero-order chi connectivity index (χ0) is 31.3. The number of likely N-dealkylation sites (tertiary alicyclic amines) is 1. The van der Waals surface area contributed by atoms with Crippen molar-refractivity contribution in [2.75, 3.05) is 13.1 Å². The first kappa shape index (κ1) is 30.9. The van der Waals surface area contributed by atoms with Gasteiger partial charge in [-0.05, 0) is 80.4 Å². The molecule has 2 fully saturated rings. The molecule has 0 unspecified atom stereocenters. The maximum Gasteiger partial charge on any atom is 0.416 e. The van der Waals surface area contributed by atoms with Crippen LogP contribution in [0, 0.1) is 0 Å². The van der Waals surface area contributed by atoms with Crippen molar-refractivity contribution in [1.82, 2.24) is 19.6 Å². The normalized spacial score (nSPS) is 20.9. The molecule has 43 heavy (non-hydrogen) atoms. The Kier molecular flexibility index (Phi) is 8.25. The van der Waals surface area contributed by atoms with E-state index >= 15 is 4.39 Å². The van der Waals surface area contributed by atoms with Gasteiger partial charge in [0.05, 0.1) is 41.3 Å². The summed E-state index contributed by atoms with van der Waals surface area (Å²) in [5.74, 6) is -0.633. The van der Waals surface area contributed by atoms with Gasteiger partial charge in [0.15, 0.2) is 0 Å². The Balaban J connectivity index is 1.31. The molecule has 8 nitrogen and oxygen atoms in total. The summed E-state index contributed by atoms with van der Waals surface area (Å²) in [5, 5.41) is 4.21. The van der Waals surface area contributed by atoms with Gasteiger partial charge in [-0.25, -0.2) is 9.18 Å². The van der Waals surface area contributed by atoms with Crippen molar-refractivity contribution < 1.29 is 36.7 Å². The summed E-state index contributed by atoms with van der Waals surface area (Å²) in [6.07, 6.45) is -3.82. The number of fused-ring (bicyclic) bond motifs is 1. The first-order valence-electron chi connectivity index (χ1n) is 13.3. The van der Waals surface area contributed by atoms with E-state index in [4.69, 9.17) is 16.3 Å². The van der Waals surface area contributed by atoms with E-state index in [0.29, 0.717) is 28.2 Å². The first-order valence-corrected chi connectivity index (χ1v) is 14.5. The van der Waals surface area contributed by atoms with Crippen LogP contribution >= 0.6 is 23.4 Å². The largest absolute Gasteiger partial charge is 0.444 e. The van der Waals surface area contributed by atoms with E-state index < -0.39 is 46.8 Å². The first-order chi connectivity index (χ1) is 20.1. The molecule has 2 saturated heterocycles. The molecule has 228 valence electrons. The third-order valence-corrected chi connectivity index (χ3v) is 8.09. The molecule has 3 amide bonds. The van der Waals surface area contributed by atoms with Crippen LogP contribution in [0.1, 0.15) is 43.9 Å². The summed E-state index contributed by atoms with van der Waals surface area (Å²) in [6, 6.07) is 7.56. The zero-order valence-corrected chi connectivity index (χ0v) is 24.9. The van der Waals surface area contributed by atoms with Gasteiger partial charge in [0.1, 0.15) is 11.8 Å². The minimum Gasteiger partial charge on any atom is -0.444 e. The van der Waals surface area contributed by atoms with E-state index in [1.165, 1.54) is 34.0 Å². The molecule has 0 aliphatic carbocycles. The number of ether oxygens (including phenoxy) is 1. The van der Waals surface area contributed by atoms with Gasteiger partial charge in [-0.15, -0.1) is 0 Å². The second kappa shape index (κ2) is 11.5. The fourth-order valence-corrected chi connectivity index (χ4v) is 6.08. The van der Waals surface area contributed by atoms with Crippen LogP contribution in [-0.2, 0) is 22.3 Å². The molecule has 14 heteroatoms. The van der Waals surface area contributed by atoms with Crippen LogP contribution < -0.4 is 0 Å². The molecule has 5 rings (SSSR count). The van der Waals surface area contributed by atoms with Crippen molar-refractivity contribution in [3.05, 3.63) is 69.2 Å². The maximum absolute atomic E-state index is 15.2. The third-order valence-electron chi connectivity index (χ3n) is 6.98. The van der Waals surface area contributed by atoms with Crippen LogP contribution in [0.25, 0.3) is 17.0 Å². The van der Waals surface area contributed by atoms with Crippen molar-refractivity contribution >= 4 is 57.6 Å². The minimum absolute atomic E-state index is 0.00254. The lowest BCUT2D eigenvalue weighted by Gasteiger charge is -2.38. The fraction of sp³-hybridized carbons (Fsp3) is 0.379. The van der Waals surface area contributed by atoms with Crippen molar-refractivity contribution in [2.24, 2.45) is 0 Å². The highest BCUT2D eigenvalue weighted by molar-refractivity contribution is 8.18. The molecule has 2 aromatic carbocycles. The molecule has 2 aliphatic rings. The van der Waals surface area contributed by atoms with Crippen LogP contribution in [0.4, 0.5) is 27.2 Å². The minimum atomic E-state index is -4.59. The fourth-order valence-electron chi connectivity index (χ4n) is 5.03. The average Bonchev–Trinajstić information content (AvgIpc) is 3.42. The number of piperidine rings is 1. The Morgan fingerprint density at radius 3 is 2.58 bits per heavy atom. The Morgan fingerprint density at radius 2 is 1.91 bits per heavy atom. The smallest absolute Gasteiger partial charge is 0.416 e. The highest BCUT2D eigenvalue weighted by Crippen LogP contribution is 2.37. The average molecular weight is 639 g/mol. The number of benzene rings is 2. The van der Waals surface area contributed by atoms with Gasteiger partial charge in [-0.1, -0.05) is 23.7 Å². The Morgan fingerprint density at radius 1 is 1.16 bits per heavy atom. The number of hydrogen-bond acceptors (Lipinski definition) is 6. The van der Waals surface area contributed by atoms with Crippen molar-refractivity contribution in [1.29, 1.82) is 0 Å². The predicted molar refractivity (Wildman–Crippen MR) is 154 cm³/mol. The van der Waals surface area contributed by atoms with E-state index in [9.17, 15) is 27.6 Å². The van der Waals surface area contributed by atoms with Gasteiger partial charge in [0.2, 0.25) is 0 Å². The van der Waals surface area contributed by atoms with Gasteiger partial charge < -0.3 is 9.64 Å². The molecule has 0 saturated carbocycles. The number of imide groups is 1. The number of thioether (sulfide) groups is 1. The quantitative estimate of drug-likeness (QED) is 0.223. The summed E-state index contributed by atoms with van der Waals surface area (Å²) in [4.78, 5) is 40.6. The lowest BCUT2D eigenvalue weighted by Crippen LogP contribution is -2.55. The van der Waals surface area contributed by atoms with Gasteiger partial charge in [-0.3, -0.25) is 19.2 Å². The highest BCUT2D eigenvalue weighted by atomic mass is 35.5. The molecule has 3 aromatic rings. The molecule has 1 aromatic heterocycles. The summed E-state index contributed by atoms with van der Waals surface area (Å²) >= 11 is 6.48. The molecule has 2 atom stereocenters. The Hall–Kier alpha value is -3.58. The van der Waals surface area contributed by atoms with Gasteiger partial charge in [0, 0.05) is 17.0 Å². The van der Waals surface area contributed by atoms with Crippen LogP contribution in [0.2, 0.25) is 5.02 Å². The summed E-state index contributed by atoms with van der Waals surface area (Å²) in [7, 11) is 0. The maximum atomic E-state index is 15.2. The lowest BCUT2D eigenvalue weighted by atomic mass is 10.0. The number of alkyl halides is 4. The molecule has 0 radical (unpaired) electrons. The Labute approximate surface area is 253 Å². The van der Waals surface area contributed by atoms with Gasteiger partial charge in [-0.2, -0.15) is 18.3 Å². The standard InChI is InChI=1S/C29H27ClF4N4O4S/c1-28(2,3)42-26(40)36-9-8-23(21(31)15-36)38-25(39)24(43-27(38)41)11-16-4-7-22-18(10-16)13-35-37(22)14-17-5-6-19(30)12-20(17)29(32,33)34/h4-7,10-13,21,23H,8-9,14-15H2,1-3H3/t21-,23+/m0/s1. The number of halogens is 5. The lowest BCUT2D eigenvalue weighted by molar-refractivity contribution is -0.138. The number of rotatable bonds is 4. The second-order valence-electron chi connectivity index (χ2n) is 11.3. The SMILES string of the molecule is CC(C)(C)OC(=O)N1CC[C@@H](N2C(=O)SC(=Cc3ccc4c(cnn4Cc4ccc(Cl)cc4C(F)(F)F)c3)C2=O)[C@@H](F)C1. The second-order valence-corrected chi connectivity index (χ2v) is 12.7. The van der Waals surface area contributed by atoms with E-state index in [0.717, 1.165) is 11.0 Å². The molecule has 0 N–H and O–H groups in total. The predicted octanol–water partition coefficient (Wildman–Crippen LogP) is 7.14. The topological polar surface area (TPSA) is 84.7 Å². The third kappa shape index (κ3) is 6.67. The molecule has 3 heterocycles.